The van der Waals surface area contributed by atoms with E-state index in [1.807, 2.05) is 6.92 Å². The van der Waals surface area contributed by atoms with Gasteiger partial charge in [0, 0.05) is 18.3 Å². The maximum Gasteiger partial charge on any atom is 0.274 e. The van der Waals surface area contributed by atoms with E-state index in [9.17, 15) is 4.79 Å². The lowest BCUT2D eigenvalue weighted by Crippen LogP contribution is -2.15. The number of rotatable bonds is 5. The Morgan fingerprint density at radius 3 is 2.89 bits per heavy atom. The van der Waals surface area contributed by atoms with E-state index in [-0.39, 0.29) is 5.56 Å². The molecule has 0 unspecified atom stereocenters. The van der Waals surface area contributed by atoms with Crippen molar-refractivity contribution in [1.82, 2.24) is 19.6 Å². The van der Waals surface area contributed by atoms with Gasteiger partial charge < -0.3 is 5.32 Å². The van der Waals surface area contributed by atoms with Gasteiger partial charge in [0.05, 0.1) is 0 Å². The van der Waals surface area contributed by atoms with Crippen LogP contribution in [-0.4, -0.2) is 26.1 Å². The molecular weight excluding hydrogens is 230 g/mol. The summed E-state index contributed by atoms with van der Waals surface area (Å²) < 4.78 is 1.36. The van der Waals surface area contributed by atoms with Crippen LogP contribution in [0, 0.1) is 5.92 Å². The monoisotopic (exact) mass is 249 g/mol. The van der Waals surface area contributed by atoms with Crippen LogP contribution in [-0.2, 0) is 6.42 Å². The van der Waals surface area contributed by atoms with Gasteiger partial charge in [-0.1, -0.05) is 20.8 Å². The van der Waals surface area contributed by atoms with Crippen LogP contribution in [0.2, 0.25) is 0 Å². The Morgan fingerprint density at radius 1 is 1.44 bits per heavy atom. The Bertz CT molecular complexity index is 584. The maximum absolute atomic E-state index is 11.8. The van der Waals surface area contributed by atoms with Gasteiger partial charge >= 0.3 is 0 Å². The van der Waals surface area contributed by atoms with Crippen molar-refractivity contribution in [2.45, 2.75) is 33.6 Å². The minimum Gasteiger partial charge on any atom is -0.355 e. The van der Waals surface area contributed by atoms with Crippen molar-refractivity contribution in [3.63, 3.8) is 0 Å². The lowest BCUT2D eigenvalue weighted by Gasteiger charge is -2.04. The molecule has 2 heterocycles. The molecule has 0 bridgehead atoms. The summed E-state index contributed by atoms with van der Waals surface area (Å²) in [6.07, 6.45) is 1.79. The topological polar surface area (TPSA) is 75.1 Å². The van der Waals surface area contributed by atoms with Crippen LogP contribution in [0.15, 0.2) is 10.9 Å². The Balaban J connectivity index is 2.22. The molecule has 18 heavy (non-hydrogen) atoms. The van der Waals surface area contributed by atoms with Gasteiger partial charge in [-0.25, -0.2) is 4.98 Å². The maximum atomic E-state index is 11.8. The first kappa shape index (κ1) is 12.6. The van der Waals surface area contributed by atoms with Crippen LogP contribution in [0.3, 0.4) is 0 Å². The summed E-state index contributed by atoms with van der Waals surface area (Å²) in [7, 11) is 0. The Hall–Kier alpha value is -1.85. The molecule has 0 amide bonds. The third-order valence-electron chi connectivity index (χ3n) is 2.76. The lowest BCUT2D eigenvalue weighted by molar-refractivity contribution is 0.606. The van der Waals surface area contributed by atoms with Gasteiger partial charge in [-0.3, -0.25) is 9.89 Å². The number of hydrogen-bond acceptors (Lipinski definition) is 4. The summed E-state index contributed by atoms with van der Waals surface area (Å²) in [5.41, 5.74) is 0.640. The van der Waals surface area contributed by atoms with Crippen molar-refractivity contribution in [2.24, 2.45) is 5.92 Å². The number of H-pyrrole nitrogens is 1. The molecule has 0 aliphatic rings. The van der Waals surface area contributed by atoms with Crippen molar-refractivity contribution >= 4 is 11.7 Å². The van der Waals surface area contributed by atoms with E-state index in [4.69, 9.17) is 0 Å². The number of anilines is 1. The van der Waals surface area contributed by atoms with Crippen molar-refractivity contribution < 1.29 is 0 Å². The van der Waals surface area contributed by atoms with E-state index in [0.29, 0.717) is 17.6 Å². The molecule has 0 aliphatic carbocycles. The van der Waals surface area contributed by atoms with Gasteiger partial charge in [0.15, 0.2) is 0 Å². The number of nitrogens with zero attached hydrogens (tertiary/aromatic N) is 3. The molecule has 0 saturated heterocycles. The zero-order valence-corrected chi connectivity index (χ0v) is 11.0. The first-order valence-corrected chi connectivity index (χ1v) is 6.32. The average Bonchev–Trinajstić information content (AvgIpc) is 2.71. The zero-order valence-electron chi connectivity index (χ0n) is 11.0. The Kier molecular flexibility index (Phi) is 3.64. The molecule has 0 spiro atoms. The molecule has 2 aromatic rings. The highest BCUT2D eigenvalue weighted by molar-refractivity contribution is 5.37. The number of aromatic nitrogens is 4. The Labute approximate surface area is 105 Å². The van der Waals surface area contributed by atoms with Crippen LogP contribution in [0.5, 0.6) is 0 Å². The fraction of sp³-hybridized carbons (Fsp3) is 0.583. The van der Waals surface area contributed by atoms with E-state index in [2.05, 4.69) is 34.2 Å². The highest BCUT2D eigenvalue weighted by atomic mass is 16.1. The average molecular weight is 249 g/mol. The van der Waals surface area contributed by atoms with E-state index in [0.717, 1.165) is 25.1 Å². The molecule has 6 nitrogen and oxygen atoms in total. The minimum atomic E-state index is -0.124. The summed E-state index contributed by atoms with van der Waals surface area (Å²) in [6.45, 7) is 7.12. The predicted molar refractivity (Wildman–Crippen MR) is 70.9 cm³/mol. The summed E-state index contributed by atoms with van der Waals surface area (Å²) >= 11 is 0. The highest BCUT2D eigenvalue weighted by Gasteiger charge is 2.06. The molecule has 2 rings (SSSR count). The number of nitrogens with one attached hydrogen (secondary N) is 2. The molecule has 0 fully saturated rings. The molecule has 2 N–H and O–H groups in total. The zero-order chi connectivity index (χ0) is 13.1. The Morgan fingerprint density at radius 2 is 2.22 bits per heavy atom. The molecule has 0 radical (unpaired) electrons. The lowest BCUT2D eigenvalue weighted by atomic mass is 10.1. The van der Waals surface area contributed by atoms with Gasteiger partial charge in [-0.05, 0) is 18.8 Å². The van der Waals surface area contributed by atoms with E-state index < -0.39 is 0 Å². The summed E-state index contributed by atoms with van der Waals surface area (Å²) in [5, 5.41) is 6.07. The summed E-state index contributed by atoms with van der Waals surface area (Å²) in [6, 6.07) is 1.53. The number of aromatic amines is 1. The van der Waals surface area contributed by atoms with Crippen molar-refractivity contribution in [3.05, 3.63) is 22.1 Å². The van der Waals surface area contributed by atoms with E-state index in [1.54, 1.807) is 0 Å². The smallest absolute Gasteiger partial charge is 0.274 e. The van der Waals surface area contributed by atoms with E-state index in [1.165, 1.54) is 10.6 Å². The third kappa shape index (κ3) is 2.69. The van der Waals surface area contributed by atoms with Crippen molar-refractivity contribution in [3.8, 4) is 0 Å². The SMILES string of the molecule is CCc1cc(=O)n2[nH]c(NCCC(C)C)nc2n1. The van der Waals surface area contributed by atoms with Crippen LogP contribution in [0.4, 0.5) is 5.95 Å². The van der Waals surface area contributed by atoms with Gasteiger partial charge in [0.25, 0.3) is 11.3 Å². The van der Waals surface area contributed by atoms with E-state index >= 15 is 0 Å². The molecule has 0 atom stereocenters. The standard InChI is InChI=1S/C12H19N5O/c1-4-9-7-10(18)17-12(14-9)15-11(16-17)13-6-5-8(2)3/h7-8H,4-6H2,1-3H3,(H2,13,14,15,16). The molecule has 0 aromatic carbocycles. The normalized spacial score (nSPS) is 11.3. The van der Waals surface area contributed by atoms with Gasteiger partial charge in [-0.2, -0.15) is 9.50 Å². The fourth-order valence-corrected chi connectivity index (χ4v) is 1.67. The summed E-state index contributed by atoms with van der Waals surface area (Å²) in [4.78, 5) is 20.3. The van der Waals surface area contributed by atoms with Crippen LogP contribution in [0.25, 0.3) is 5.78 Å². The molecule has 0 saturated carbocycles. The van der Waals surface area contributed by atoms with Crippen LogP contribution in [0.1, 0.15) is 32.9 Å². The highest BCUT2D eigenvalue weighted by Crippen LogP contribution is 2.04. The van der Waals surface area contributed by atoms with Crippen LogP contribution < -0.4 is 10.9 Å². The molecule has 98 valence electrons. The summed E-state index contributed by atoms with van der Waals surface area (Å²) in [5.74, 6) is 1.65. The van der Waals surface area contributed by atoms with Crippen molar-refractivity contribution in [1.29, 1.82) is 0 Å². The second-order valence-electron chi connectivity index (χ2n) is 4.76. The van der Waals surface area contributed by atoms with Crippen molar-refractivity contribution in [2.75, 3.05) is 11.9 Å². The second kappa shape index (κ2) is 5.20. The predicted octanol–water partition coefficient (Wildman–Crippen LogP) is 1.44. The first-order valence-electron chi connectivity index (χ1n) is 6.32. The number of fused-ring (bicyclic) bond motifs is 1. The molecule has 0 aliphatic heterocycles. The van der Waals surface area contributed by atoms with Crippen LogP contribution >= 0.6 is 0 Å². The second-order valence-corrected chi connectivity index (χ2v) is 4.76. The first-order chi connectivity index (χ1) is 8.60. The largest absolute Gasteiger partial charge is 0.355 e. The van der Waals surface area contributed by atoms with Gasteiger partial charge in [-0.15, -0.1) is 0 Å². The fourth-order valence-electron chi connectivity index (χ4n) is 1.67. The third-order valence-corrected chi connectivity index (χ3v) is 2.76. The molecule has 6 heteroatoms. The quantitative estimate of drug-likeness (QED) is 0.840. The number of aryl methyl sites for hydroxylation is 1. The van der Waals surface area contributed by atoms with Gasteiger partial charge in [0.2, 0.25) is 5.95 Å². The molecular formula is C12H19N5O. The number of hydrogen-bond donors (Lipinski definition) is 2. The minimum absolute atomic E-state index is 0.124. The van der Waals surface area contributed by atoms with Gasteiger partial charge in [0.1, 0.15) is 0 Å². The molecule has 2 aromatic heterocycles.